The van der Waals surface area contributed by atoms with Crippen LogP contribution in [0.5, 0.6) is 5.75 Å². The SMILES string of the molecule is CCC(CC)CCn1ccn(CC(=O)c2cc(C(C)(C)C)c(O)c(C(C)(C)C)c2)/c1=N\C(=O)OCOC(=O)C(C)(C)C. The summed E-state index contributed by atoms with van der Waals surface area (Å²) < 4.78 is 13.6. The molecule has 0 unspecified atom stereocenters. The van der Waals surface area contributed by atoms with Gasteiger partial charge in [-0.25, -0.2) is 4.79 Å². The van der Waals surface area contributed by atoms with E-state index in [-0.39, 0.29) is 34.5 Å². The zero-order valence-electron chi connectivity index (χ0n) is 27.5. The van der Waals surface area contributed by atoms with Crippen LogP contribution in [0.2, 0.25) is 0 Å². The number of ketones is 1. The lowest BCUT2D eigenvalue weighted by Crippen LogP contribution is -2.31. The van der Waals surface area contributed by atoms with E-state index in [1.165, 1.54) is 0 Å². The molecule has 234 valence electrons. The highest BCUT2D eigenvalue weighted by Crippen LogP contribution is 2.40. The lowest BCUT2D eigenvalue weighted by Gasteiger charge is -2.28. The topological polar surface area (TPSA) is 112 Å². The quantitative estimate of drug-likeness (QED) is 0.185. The van der Waals surface area contributed by atoms with Crippen LogP contribution in [-0.4, -0.2) is 38.9 Å². The van der Waals surface area contributed by atoms with Gasteiger partial charge >= 0.3 is 12.1 Å². The Bertz CT molecular complexity index is 1290. The first-order valence-corrected chi connectivity index (χ1v) is 14.8. The van der Waals surface area contributed by atoms with Gasteiger partial charge in [-0.3, -0.25) is 9.59 Å². The first kappa shape index (κ1) is 34.8. The smallest absolute Gasteiger partial charge is 0.439 e. The van der Waals surface area contributed by atoms with Crippen molar-refractivity contribution in [2.75, 3.05) is 6.79 Å². The fourth-order valence-electron chi connectivity index (χ4n) is 4.55. The fourth-order valence-corrected chi connectivity index (χ4v) is 4.55. The molecule has 1 aromatic carbocycles. The number of Topliss-reactive ketones (excluding diaryl/α,β-unsaturated/α-hetero) is 1. The zero-order valence-corrected chi connectivity index (χ0v) is 27.5. The number of hydrogen-bond acceptors (Lipinski definition) is 6. The van der Waals surface area contributed by atoms with E-state index in [1.54, 1.807) is 49.9 Å². The summed E-state index contributed by atoms with van der Waals surface area (Å²) in [6, 6.07) is 3.51. The van der Waals surface area contributed by atoms with Gasteiger partial charge in [0.25, 0.3) is 0 Å². The number of nitrogens with zero attached hydrogens (tertiary/aromatic N) is 3. The highest BCUT2D eigenvalue weighted by Gasteiger charge is 2.28. The molecule has 1 N–H and O–H groups in total. The summed E-state index contributed by atoms with van der Waals surface area (Å²) in [5.74, 6) is 0.0420. The molecule has 0 aliphatic carbocycles. The largest absolute Gasteiger partial charge is 0.507 e. The highest BCUT2D eigenvalue weighted by atomic mass is 16.7. The van der Waals surface area contributed by atoms with Gasteiger partial charge in [0.2, 0.25) is 12.4 Å². The van der Waals surface area contributed by atoms with Crippen LogP contribution in [0.3, 0.4) is 0 Å². The molecule has 0 aliphatic heterocycles. The molecule has 2 aromatic rings. The van der Waals surface area contributed by atoms with E-state index in [0.29, 0.717) is 29.2 Å². The minimum atomic E-state index is -0.921. The molecular formula is C33H51N3O6. The summed E-state index contributed by atoms with van der Waals surface area (Å²) in [6.45, 7) is 21.4. The molecule has 0 spiro atoms. The van der Waals surface area contributed by atoms with Crippen LogP contribution in [0, 0.1) is 11.3 Å². The molecule has 1 aromatic heterocycles. The van der Waals surface area contributed by atoms with Crippen LogP contribution in [0.4, 0.5) is 4.79 Å². The third kappa shape index (κ3) is 9.33. The maximum atomic E-state index is 13.7. The van der Waals surface area contributed by atoms with Gasteiger partial charge in [0, 0.05) is 35.6 Å². The minimum absolute atomic E-state index is 0.0684. The van der Waals surface area contributed by atoms with E-state index in [0.717, 1.165) is 19.3 Å². The maximum absolute atomic E-state index is 13.7. The second-order valence-electron chi connectivity index (χ2n) is 14.1. The Kier molecular flexibility index (Phi) is 11.4. The Morgan fingerprint density at radius 3 is 1.86 bits per heavy atom. The molecule has 2 rings (SSSR count). The number of rotatable bonds is 10. The van der Waals surface area contributed by atoms with Crippen molar-refractivity contribution in [2.24, 2.45) is 16.3 Å². The summed E-state index contributed by atoms with van der Waals surface area (Å²) in [4.78, 5) is 42.6. The number of phenolic OH excluding ortho intramolecular Hbond substituents is 1. The fraction of sp³-hybridized carbons (Fsp3) is 0.636. The van der Waals surface area contributed by atoms with Crippen molar-refractivity contribution >= 4 is 17.8 Å². The summed E-state index contributed by atoms with van der Waals surface area (Å²) >= 11 is 0. The van der Waals surface area contributed by atoms with Crippen molar-refractivity contribution in [1.29, 1.82) is 0 Å². The third-order valence-corrected chi connectivity index (χ3v) is 7.41. The average Bonchev–Trinajstić information content (AvgIpc) is 3.23. The van der Waals surface area contributed by atoms with Gasteiger partial charge in [0.1, 0.15) is 5.75 Å². The number of aryl methyl sites for hydroxylation is 1. The number of amides is 1. The number of phenols is 1. The Morgan fingerprint density at radius 1 is 0.857 bits per heavy atom. The lowest BCUT2D eigenvalue weighted by molar-refractivity contribution is -0.161. The molecule has 9 nitrogen and oxygen atoms in total. The van der Waals surface area contributed by atoms with E-state index in [4.69, 9.17) is 9.47 Å². The Labute approximate surface area is 250 Å². The monoisotopic (exact) mass is 585 g/mol. The number of esters is 1. The van der Waals surface area contributed by atoms with Gasteiger partial charge in [0.05, 0.1) is 12.0 Å². The number of imidazole rings is 1. The number of aromatic nitrogens is 2. The van der Waals surface area contributed by atoms with Crippen LogP contribution in [0.25, 0.3) is 0 Å². The minimum Gasteiger partial charge on any atom is -0.507 e. The standard InChI is InChI=1S/C33H51N3O6/c1-12-22(13-2)14-15-35-16-17-36(29(35)34-30(40)42-21-41-28(39)33(9,10)11)20-26(37)23-18-24(31(3,4)5)27(38)25(19-23)32(6,7)8/h16-19,22,38H,12-15,20-21H2,1-11H3/b34-29-. The molecule has 42 heavy (non-hydrogen) atoms. The van der Waals surface area contributed by atoms with E-state index >= 15 is 0 Å². The van der Waals surface area contributed by atoms with E-state index in [1.807, 2.05) is 46.1 Å². The summed E-state index contributed by atoms with van der Waals surface area (Å²) in [5.41, 5.74) is 0.646. The van der Waals surface area contributed by atoms with E-state index in [2.05, 4.69) is 18.8 Å². The van der Waals surface area contributed by atoms with Crippen molar-refractivity contribution in [3.05, 3.63) is 46.8 Å². The van der Waals surface area contributed by atoms with Gasteiger partial charge in [-0.05, 0) is 56.1 Å². The molecule has 0 bridgehead atoms. The summed E-state index contributed by atoms with van der Waals surface area (Å²) in [7, 11) is 0. The van der Waals surface area contributed by atoms with Gasteiger partial charge < -0.3 is 23.7 Å². The van der Waals surface area contributed by atoms with Crippen LogP contribution in [0.15, 0.2) is 29.5 Å². The first-order valence-electron chi connectivity index (χ1n) is 14.8. The summed E-state index contributed by atoms with van der Waals surface area (Å²) in [6.07, 6.45) is 5.58. The van der Waals surface area contributed by atoms with E-state index < -0.39 is 24.3 Å². The Morgan fingerprint density at radius 2 is 1.38 bits per heavy atom. The highest BCUT2D eigenvalue weighted by molar-refractivity contribution is 5.96. The van der Waals surface area contributed by atoms with Crippen molar-refractivity contribution in [3.8, 4) is 5.75 Å². The molecule has 0 atom stereocenters. The normalized spacial score (nSPS) is 13.0. The first-order chi connectivity index (χ1) is 19.3. The van der Waals surface area contributed by atoms with Gasteiger partial charge in [-0.1, -0.05) is 68.2 Å². The molecule has 0 fully saturated rings. The van der Waals surface area contributed by atoms with E-state index in [9.17, 15) is 19.5 Å². The van der Waals surface area contributed by atoms with Gasteiger partial charge in [0.15, 0.2) is 5.78 Å². The molecule has 1 heterocycles. The number of aromatic hydroxyl groups is 1. The summed E-state index contributed by atoms with van der Waals surface area (Å²) in [5, 5.41) is 11.1. The third-order valence-electron chi connectivity index (χ3n) is 7.41. The van der Waals surface area contributed by atoms with Crippen LogP contribution in [-0.2, 0) is 38.2 Å². The predicted octanol–water partition coefficient (Wildman–Crippen LogP) is 6.88. The molecule has 1 amide bonds. The maximum Gasteiger partial charge on any atom is 0.439 e. The van der Waals surface area contributed by atoms with Crippen molar-refractivity contribution in [3.63, 3.8) is 0 Å². The Hall–Kier alpha value is -3.36. The van der Waals surface area contributed by atoms with Gasteiger partial charge in [-0.15, -0.1) is 4.99 Å². The van der Waals surface area contributed by atoms with Crippen molar-refractivity contribution < 1.29 is 29.0 Å². The number of carbonyl (C=O) groups excluding carboxylic acids is 3. The number of hydrogen-bond donors (Lipinski definition) is 1. The predicted molar refractivity (Wildman–Crippen MR) is 163 cm³/mol. The molecule has 9 heteroatoms. The average molecular weight is 586 g/mol. The second-order valence-corrected chi connectivity index (χ2v) is 14.1. The van der Waals surface area contributed by atoms with Crippen LogP contribution in [0.1, 0.15) is 117 Å². The number of carbonyl (C=O) groups is 3. The zero-order chi connectivity index (χ0) is 32.0. The molecule has 0 aliphatic rings. The molecule has 0 saturated carbocycles. The second kappa shape index (κ2) is 13.7. The molecule has 0 saturated heterocycles. The molecule has 0 radical (unpaired) electrons. The molecular weight excluding hydrogens is 534 g/mol. The van der Waals surface area contributed by atoms with Crippen LogP contribution < -0.4 is 5.62 Å². The van der Waals surface area contributed by atoms with Crippen LogP contribution >= 0.6 is 0 Å². The Balaban J connectivity index is 2.47. The number of benzene rings is 1. The number of ether oxygens (including phenoxy) is 2. The van der Waals surface area contributed by atoms with Gasteiger partial charge in [-0.2, -0.15) is 0 Å². The lowest BCUT2D eigenvalue weighted by atomic mass is 9.78. The van der Waals surface area contributed by atoms with Crippen molar-refractivity contribution in [1.82, 2.24) is 9.13 Å². The van der Waals surface area contributed by atoms with Crippen molar-refractivity contribution in [2.45, 2.75) is 119 Å².